The van der Waals surface area contributed by atoms with Crippen LogP contribution in [-0.2, 0) is 9.84 Å². The summed E-state index contributed by atoms with van der Waals surface area (Å²) in [7, 11) is -3.02. The van der Waals surface area contributed by atoms with Crippen LogP contribution in [0.25, 0.3) is 0 Å². The molecule has 2 N–H and O–H groups in total. The number of anilines is 1. The first-order valence-electron chi connectivity index (χ1n) is 6.27. The predicted octanol–water partition coefficient (Wildman–Crippen LogP) is 1.28. The molecule has 1 fully saturated rings. The van der Waals surface area contributed by atoms with E-state index in [2.05, 4.69) is 5.32 Å². The lowest BCUT2D eigenvalue weighted by Gasteiger charge is -2.24. The summed E-state index contributed by atoms with van der Waals surface area (Å²) in [5.41, 5.74) is -0.191. The number of sulfone groups is 1. The van der Waals surface area contributed by atoms with Crippen LogP contribution < -0.4 is 5.32 Å². The van der Waals surface area contributed by atoms with Crippen LogP contribution in [0.3, 0.4) is 0 Å². The Morgan fingerprint density at radius 1 is 1.33 bits per heavy atom. The zero-order valence-corrected chi connectivity index (χ0v) is 11.8. The molecule has 0 spiro atoms. The Morgan fingerprint density at radius 2 is 1.95 bits per heavy atom. The summed E-state index contributed by atoms with van der Waals surface area (Å²) in [6, 6.07) is 3.27. The number of hydrogen-bond acceptors (Lipinski definition) is 6. The first-order chi connectivity index (χ1) is 9.78. The summed E-state index contributed by atoms with van der Waals surface area (Å²) >= 11 is 0. The predicted molar refractivity (Wildman–Crippen MR) is 75.4 cm³/mol. The van der Waals surface area contributed by atoms with E-state index in [4.69, 9.17) is 5.11 Å². The van der Waals surface area contributed by atoms with Gasteiger partial charge >= 0.3 is 5.97 Å². The number of nitrogens with one attached hydrogen (secondary N) is 1. The van der Waals surface area contributed by atoms with Crippen molar-refractivity contribution < 1.29 is 23.2 Å². The number of aromatic carboxylic acids is 1. The number of nitro groups is 1. The minimum absolute atomic E-state index is 0.0249. The highest BCUT2D eigenvalue weighted by atomic mass is 32.2. The van der Waals surface area contributed by atoms with E-state index in [1.165, 1.54) is 6.07 Å². The summed E-state index contributed by atoms with van der Waals surface area (Å²) in [6.07, 6.45) is 0.688. The van der Waals surface area contributed by atoms with Gasteiger partial charge in [-0.3, -0.25) is 10.1 Å². The quantitative estimate of drug-likeness (QED) is 0.633. The highest BCUT2D eigenvalue weighted by Gasteiger charge is 2.26. The fraction of sp³-hybridized carbons (Fsp3) is 0.417. The van der Waals surface area contributed by atoms with E-state index in [0.29, 0.717) is 12.8 Å². The Morgan fingerprint density at radius 3 is 2.48 bits per heavy atom. The first-order valence-corrected chi connectivity index (χ1v) is 8.09. The fourth-order valence-electron chi connectivity index (χ4n) is 2.20. The fourth-order valence-corrected chi connectivity index (χ4v) is 3.69. The van der Waals surface area contributed by atoms with Crippen LogP contribution in [0.4, 0.5) is 11.4 Å². The van der Waals surface area contributed by atoms with Gasteiger partial charge in [0, 0.05) is 12.1 Å². The highest BCUT2D eigenvalue weighted by Crippen LogP contribution is 2.28. The van der Waals surface area contributed by atoms with Crippen molar-refractivity contribution in [3.63, 3.8) is 0 Å². The van der Waals surface area contributed by atoms with Gasteiger partial charge in [0.25, 0.3) is 5.69 Å². The summed E-state index contributed by atoms with van der Waals surface area (Å²) < 4.78 is 22.7. The monoisotopic (exact) mass is 314 g/mol. The molecule has 0 bridgehead atoms. The van der Waals surface area contributed by atoms with Gasteiger partial charge in [-0.25, -0.2) is 13.2 Å². The minimum Gasteiger partial charge on any atom is -0.478 e. The molecule has 8 nitrogen and oxygen atoms in total. The molecule has 0 saturated carbocycles. The van der Waals surface area contributed by atoms with Gasteiger partial charge in [0.05, 0.1) is 22.0 Å². The summed E-state index contributed by atoms with van der Waals surface area (Å²) in [4.78, 5) is 21.3. The standard InChI is InChI=1S/C12H14N2O6S/c15-12(16)8-1-2-11(14(17)18)10(7-8)13-9-3-5-21(19,20)6-4-9/h1-2,7,9,13H,3-6H2,(H,15,16). The lowest BCUT2D eigenvalue weighted by atomic mass is 10.1. The highest BCUT2D eigenvalue weighted by molar-refractivity contribution is 7.91. The Labute approximate surface area is 120 Å². The molecule has 21 heavy (non-hydrogen) atoms. The number of carbonyl (C=O) groups is 1. The Balaban J connectivity index is 2.23. The van der Waals surface area contributed by atoms with Crippen LogP contribution in [0.1, 0.15) is 23.2 Å². The van der Waals surface area contributed by atoms with E-state index in [-0.39, 0.29) is 34.5 Å². The zero-order chi connectivity index (χ0) is 15.6. The van der Waals surface area contributed by atoms with Crippen LogP contribution >= 0.6 is 0 Å². The lowest BCUT2D eigenvalue weighted by molar-refractivity contribution is -0.384. The van der Waals surface area contributed by atoms with Gasteiger partial charge in [-0.1, -0.05) is 0 Å². The lowest BCUT2D eigenvalue weighted by Crippen LogP contribution is -2.32. The molecule has 1 aliphatic heterocycles. The molecule has 2 rings (SSSR count). The molecule has 0 unspecified atom stereocenters. The van der Waals surface area contributed by atoms with Gasteiger partial charge in [0.2, 0.25) is 0 Å². The number of carboxylic acids is 1. The molecule has 0 aromatic heterocycles. The van der Waals surface area contributed by atoms with Gasteiger partial charge in [0.15, 0.2) is 0 Å². The second-order valence-electron chi connectivity index (χ2n) is 4.86. The van der Waals surface area contributed by atoms with E-state index < -0.39 is 20.7 Å². The molecular formula is C12H14N2O6S. The number of rotatable bonds is 4. The smallest absolute Gasteiger partial charge is 0.335 e. The maximum atomic E-state index is 11.4. The van der Waals surface area contributed by atoms with Crippen molar-refractivity contribution in [2.24, 2.45) is 0 Å². The van der Waals surface area contributed by atoms with Crippen molar-refractivity contribution in [1.29, 1.82) is 0 Å². The molecule has 9 heteroatoms. The number of nitro benzene ring substituents is 1. The van der Waals surface area contributed by atoms with Gasteiger partial charge in [-0.15, -0.1) is 0 Å². The third-order valence-electron chi connectivity index (χ3n) is 3.35. The minimum atomic E-state index is -3.02. The topological polar surface area (TPSA) is 127 Å². The molecular weight excluding hydrogens is 300 g/mol. The number of carboxylic acid groups (broad SMARTS) is 1. The van der Waals surface area contributed by atoms with E-state index >= 15 is 0 Å². The van der Waals surface area contributed by atoms with Crippen LogP contribution in [0.5, 0.6) is 0 Å². The first kappa shape index (κ1) is 15.2. The van der Waals surface area contributed by atoms with Crippen LogP contribution in [0.15, 0.2) is 18.2 Å². The molecule has 1 saturated heterocycles. The summed E-state index contributed by atoms with van der Waals surface area (Å²) in [5.74, 6) is -1.13. The van der Waals surface area contributed by atoms with Crippen molar-refractivity contribution >= 4 is 27.2 Å². The maximum absolute atomic E-state index is 11.4. The van der Waals surface area contributed by atoms with Crippen molar-refractivity contribution in [2.75, 3.05) is 16.8 Å². The van der Waals surface area contributed by atoms with Gasteiger partial charge in [-0.05, 0) is 25.0 Å². The number of hydrogen-bond donors (Lipinski definition) is 2. The zero-order valence-electron chi connectivity index (χ0n) is 11.0. The molecule has 1 heterocycles. The van der Waals surface area contributed by atoms with E-state index in [0.717, 1.165) is 12.1 Å². The SMILES string of the molecule is O=C(O)c1ccc([N+](=O)[O-])c(NC2CCS(=O)(=O)CC2)c1. The van der Waals surface area contributed by atoms with E-state index in [1.54, 1.807) is 0 Å². The van der Waals surface area contributed by atoms with Crippen LogP contribution in [-0.4, -0.2) is 42.0 Å². The van der Waals surface area contributed by atoms with Crippen LogP contribution in [0.2, 0.25) is 0 Å². The average molecular weight is 314 g/mol. The Kier molecular flexibility index (Phi) is 4.12. The summed E-state index contributed by atoms with van der Waals surface area (Å²) in [6.45, 7) is 0. The van der Waals surface area contributed by atoms with E-state index in [1.807, 2.05) is 0 Å². The van der Waals surface area contributed by atoms with Gasteiger partial charge < -0.3 is 10.4 Å². The molecule has 0 radical (unpaired) electrons. The average Bonchev–Trinajstić information content (AvgIpc) is 2.40. The van der Waals surface area contributed by atoms with Crippen LogP contribution in [0, 0.1) is 10.1 Å². The summed E-state index contributed by atoms with van der Waals surface area (Å²) in [5, 5.41) is 22.8. The number of nitrogens with zero attached hydrogens (tertiary/aromatic N) is 1. The molecule has 114 valence electrons. The Hall–Kier alpha value is -2.16. The second kappa shape index (κ2) is 5.68. The molecule has 0 atom stereocenters. The maximum Gasteiger partial charge on any atom is 0.335 e. The van der Waals surface area contributed by atoms with Crippen molar-refractivity contribution in [3.8, 4) is 0 Å². The van der Waals surface area contributed by atoms with E-state index in [9.17, 15) is 23.3 Å². The molecule has 1 aromatic carbocycles. The normalized spacial score (nSPS) is 18.1. The molecule has 1 aromatic rings. The largest absolute Gasteiger partial charge is 0.478 e. The Bertz CT molecular complexity index is 671. The number of benzene rings is 1. The second-order valence-corrected chi connectivity index (χ2v) is 7.17. The molecule has 1 aliphatic rings. The third-order valence-corrected chi connectivity index (χ3v) is 5.07. The molecule has 0 aliphatic carbocycles. The third kappa shape index (κ3) is 3.69. The van der Waals surface area contributed by atoms with Gasteiger partial charge in [-0.2, -0.15) is 0 Å². The molecule has 0 amide bonds. The van der Waals surface area contributed by atoms with Crippen molar-refractivity contribution in [3.05, 3.63) is 33.9 Å². The van der Waals surface area contributed by atoms with Crippen molar-refractivity contribution in [1.82, 2.24) is 0 Å². The van der Waals surface area contributed by atoms with Crippen molar-refractivity contribution in [2.45, 2.75) is 18.9 Å². The van der Waals surface area contributed by atoms with Gasteiger partial charge in [0.1, 0.15) is 15.5 Å².